The van der Waals surface area contributed by atoms with Gasteiger partial charge < -0.3 is 4.74 Å². The zero-order valence-electron chi connectivity index (χ0n) is 9.03. The molecule has 0 fully saturated rings. The van der Waals surface area contributed by atoms with Gasteiger partial charge in [0.15, 0.2) is 0 Å². The number of benzene rings is 1. The first-order valence-corrected chi connectivity index (χ1v) is 4.99. The Bertz CT molecular complexity index is 486. The second kappa shape index (κ2) is 5.41. The SMILES string of the molecule is CC(OC(=O)Cl)c1cc([N+](=O)[O-])cc([N+](=O)[O-])c1. The summed E-state index contributed by atoms with van der Waals surface area (Å²) in [7, 11) is 0. The third kappa shape index (κ3) is 3.39. The van der Waals surface area contributed by atoms with E-state index in [1.165, 1.54) is 6.92 Å². The lowest BCUT2D eigenvalue weighted by Gasteiger charge is -2.10. The molecule has 96 valence electrons. The highest BCUT2D eigenvalue weighted by Crippen LogP contribution is 2.28. The summed E-state index contributed by atoms with van der Waals surface area (Å²) in [5.74, 6) is 0. The number of carbonyl (C=O) groups is 1. The standard InChI is InChI=1S/C9H7ClN2O6/c1-5(18-9(10)13)6-2-7(11(14)15)4-8(3-6)12(16)17/h2-5H,1H3. The predicted molar refractivity (Wildman–Crippen MR) is 60.5 cm³/mol. The molecule has 0 amide bonds. The maximum absolute atomic E-state index is 10.6. The van der Waals surface area contributed by atoms with Gasteiger partial charge in [-0.15, -0.1) is 0 Å². The van der Waals surface area contributed by atoms with Crippen molar-refractivity contribution >= 4 is 28.4 Å². The fourth-order valence-electron chi connectivity index (χ4n) is 1.27. The number of hydrogen-bond donors (Lipinski definition) is 0. The smallest absolute Gasteiger partial charge is 0.404 e. The molecule has 0 heterocycles. The highest BCUT2D eigenvalue weighted by atomic mass is 35.5. The van der Waals surface area contributed by atoms with Crippen molar-refractivity contribution in [1.82, 2.24) is 0 Å². The summed E-state index contributed by atoms with van der Waals surface area (Å²) in [4.78, 5) is 30.2. The van der Waals surface area contributed by atoms with Crippen LogP contribution in [0, 0.1) is 20.2 Å². The Labute approximate surface area is 105 Å². The molecular formula is C9H7ClN2O6. The molecule has 0 N–H and O–H groups in total. The lowest BCUT2D eigenvalue weighted by atomic mass is 10.1. The van der Waals surface area contributed by atoms with Gasteiger partial charge in [-0.25, -0.2) is 4.79 Å². The fourth-order valence-corrected chi connectivity index (χ4v) is 1.40. The van der Waals surface area contributed by atoms with Crippen molar-refractivity contribution < 1.29 is 19.4 Å². The summed E-state index contributed by atoms with van der Waals surface area (Å²) in [6.45, 7) is 1.39. The van der Waals surface area contributed by atoms with Crippen LogP contribution < -0.4 is 0 Å². The number of carbonyl (C=O) groups excluding carboxylic acids is 1. The van der Waals surface area contributed by atoms with E-state index in [0.717, 1.165) is 18.2 Å². The van der Waals surface area contributed by atoms with Crippen molar-refractivity contribution in [2.75, 3.05) is 0 Å². The summed E-state index contributed by atoms with van der Waals surface area (Å²) in [5.41, 5.74) is -1.91. The minimum absolute atomic E-state index is 0.116. The Kier molecular flexibility index (Phi) is 4.16. The van der Waals surface area contributed by atoms with Crippen molar-refractivity contribution in [3.05, 3.63) is 44.0 Å². The van der Waals surface area contributed by atoms with E-state index in [2.05, 4.69) is 4.74 Å². The molecule has 0 radical (unpaired) electrons. The fraction of sp³-hybridized carbons (Fsp3) is 0.222. The average molecular weight is 275 g/mol. The molecule has 0 bridgehead atoms. The van der Waals surface area contributed by atoms with Gasteiger partial charge >= 0.3 is 5.43 Å². The van der Waals surface area contributed by atoms with Gasteiger partial charge in [0.05, 0.1) is 15.9 Å². The van der Waals surface area contributed by atoms with Gasteiger partial charge in [-0.3, -0.25) is 20.2 Å². The predicted octanol–water partition coefficient (Wildman–Crippen LogP) is 2.94. The molecule has 0 saturated heterocycles. The van der Waals surface area contributed by atoms with E-state index in [9.17, 15) is 25.0 Å². The van der Waals surface area contributed by atoms with Crippen LogP contribution in [0.4, 0.5) is 16.2 Å². The summed E-state index contributed by atoms with van der Waals surface area (Å²) >= 11 is 5.00. The molecule has 0 aliphatic heterocycles. The van der Waals surface area contributed by atoms with Crippen LogP contribution in [0.1, 0.15) is 18.6 Å². The molecule has 0 saturated carbocycles. The molecule has 0 aliphatic carbocycles. The molecule has 0 aliphatic rings. The highest BCUT2D eigenvalue weighted by molar-refractivity contribution is 6.61. The van der Waals surface area contributed by atoms with Gasteiger partial charge in [-0.2, -0.15) is 0 Å². The normalized spacial score (nSPS) is 11.7. The van der Waals surface area contributed by atoms with Gasteiger partial charge in [0.25, 0.3) is 11.4 Å². The number of nitro benzene ring substituents is 2. The molecule has 8 nitrogen and oxygen atoms in total. The summed E-state index contributed by atoms with van der Waals surface area (Å²) in [6, 6.07) is 2.98. The molecule has 1 aromatic rings. The zero-order valence-corrected chi connectivity index (χ0v) is 9.79. The summed E-state index contributed by atoms with van der Waals surface area (Å²) in [5, 5.41) is 21.2. The second-order valence-electron chi connectivity index (χ2n) is 3.29. The van der Waals surface area contributed by atoms with Crippen LogP contribution in [0.5, 0.6) is 0 Å². The van der Waals surface area contributed by atoms with Crippen LogP contribution in [-0.4, -0.2) is 15.3 Å². The molecule has 18 heavy (non-hydrogen) atoms. The third-order valence-corrected chi connectivity index (χ3v) is 2.17. The number of ether oxygens (including phenoxy) is 1. The molecule has 1 aromatic carbocycles. The van der Waals surface area contributed by atoms with E-state index in [4.69, 9.17) is 11.6 Å². The van der Waals surface area contributed by atoms with Crippen LogP contribution >= 0.6 is 11.6 Å². The van der Waals surface area contributed by atoms with Crippen LogP contribution in [0.25, 0.3) is 0 Å². The van der Waals surface area contributed by atoms with E-state index >= 15 is 0 Å². The highest BCUT2D eigenvalue weighted by Gasteiger charge is 2.20. The largest absolute Gasteiger partial charge is 0.446 e. The van der Waals surface area contributed by atoms with Crippen LogP contribution in [0.2, 0.25) is 0 Å². The van der Waals surface area contributed by atoms with E-state index in [0.29, 0.717) is 0 Å². The molecule has 1 unspecified atom stereocenters. The van der Waals surface area contributed by atoms with E-state index in [1.807, 2.05) is 0 Å². The van der Waals surface area contributed by atoms with Crippen molar-refractivity contribution in [2.24, 2.45) is 0 Å². The Morgan fingerprint density at radius 1 is 1.22 bits per heavy atom. The molecule has 0 spiro atoms. The number of rotatable bonds is 4. The van der Waals surface area contributed by atoms with Crippen LogP contribution in [0.15, 0.2) is 18.2 Å². The van der Waals surface area contributed by atoms with E-state index in [-0.39, 0.29) is 5.56 Å². The summed E-state index contributed by atoms with van der Waals surface area (Å²) < 4.78 is 4.59. The topological polar surface area (TPSA) is 113 Å². The number of nitrogens with zero attached hydrogens (tertiary/aromatic N) is 2. The Morgan fingerprint density at radius 2 is 1.67 bits per heavy atom. The van der Waals surface area contributed by atoms with E-state index in [1.54, 1.807) is 0 Å². The summed E-state index contributed by atoms with van der Waals surface area (Å²) in [6.07, 6.45) is -0.923. The van der Waals surface area contributed by atoms with Crippen molar-refractivity contribution in [1.29, 1.82) is 0 Å². The Hall–Kier alpha value is -2.22. The molecule has 0 aromatic heterocycles. The first kappa shape index (κ1) is 13.8. The molecular weight excluding hydrogens is 268 g/mol. The van der Waals surface area contributed by atoms with Crippen molar-refractivity contribution in [2.45, 2.75) is 13.0 Å². The van der Waals surface area contributed by atoms with Crippen molar-refractivity contribution in [3.8, 4) is 0 Å². The lowest BCUT2D eigenvalue weighted by Crippen LogP contribution is -2.03. The second-order valence-corrected chi connectivity index (χ2v) is 3.60. The minimum Gasteiger partial charge on any atom is -0.446 e. The Balaban J connectivity index is 3.22. The maximum Gasteiger partial charge on any atom is 0.404 e. The van der Waals surface area contributed by atoms with Crippen molar-refractivity contribution in [3.63, 3.8) is 0 Å². The first-order valence-electron chi connectivity index (χ1n) is 4.61. The first-order chi connectivity index (χ1) is 8.31. The van der Waals surface area contributed by atoms with E-state index < -0.39 is 32.8 Å². The molecule has 1 atom stereocenters. The zero-order chi connectivity index (χ0) is 13.9. The third-order valence-electron chi connectivity index (χ3n) is 2.09. The number of non-ortho nitro benzene ring substituents is 2. The maximum atomic E-state index is 10.6. The lowest BCUT2D eigenvalue weighted by molar-refractivity contribution is -0.394. The van der Waals surface area contributed by atoms with Gasteiger partial charge in [0, 0.05) is 29.3 Å². The van der Waals surface area contributed by atoms with Gasteiger partial charge in [0.2, 0.25) is 0 Å². The van der Waals surface area contributed by atoms with Gasteiger partial charge in [-0.05, 0) is 6.92 Å². The number of hydrogen-bond acceptors (Lipinski definition) is 6. The monoisotopic (exact) mass is 274 g/mol. The minimum atomic E-state index is -1.10. The quantitative estimate of drug-likeness (QED) is 0.474. The number of halogens is 1. The Morgan fingerprint density at radius 3 is 2.00 bits per heavy atom. The molecule has 1 rings (SSSR count). The van der Waals surface area contributed by atoms with Gasteiger partial charge in [-0.1, -0.05) is 0 Å². The molecule has 9 heteroatoms. The van der Waals surface area contributed by atoms with Gasteiger partial charge in [0.1, 0.15) is 6.10 Å². The average Bonchev–Trinajstić information content (AvgIpc) is 2.27. The van der Waals surface area contributed by atoms with Crippen LogP contribution in [-0.2, 0) is 4.74 Å². The van der Waals surface area contributed by atoms with Crippen LogP contribution in [0.3, 0.4) is 0 Å². The number of nitro groups is 2.